The number of ether oxygens (including phenoxy) is 1. The molecule has 0 bridgehead atoms. The van der Waals surface area contributed by atoms with E-state index in [0.29, 0.717) is 6.42 Å². The number of aryl methyl sites for hydroxylation is 1. The van der Waals surface area contributed by atoms with Crippen molar-refractivity contribution < 1.29 is 44.4 Å². The predicted octanol–water partition coefficient (Wildman–Crippen LogP) is 3.34. The fourth-order valence-corrected chi connectivity index (χ4v) is 6.17. The van der Waals surface area contributed by atoms with E-state index in [-0.39, 0.29) is 53.2 Å². The molecule has 0 saturated heterocycles. The lowest BCUT2D eigenvalue weighted by molar-refractivity contribution is -0.132. The Hall–Kier alpha value is -4.25. The maximum atomic E-state index is 13.2. The fraction of sp³-hybridized carbons (Fsp3) is 0.370. The number of carbonyl (C=O) groups is 2. The smallest absolute Gasteiger partial charge is 0.387 e. The Morgan fingerprint density at radius 3 is 2.36 bits per heavy atom. The molecule has 238 valence electrons. The lowest BCUT2D eigenvalue weighted by Gasteiger charge is -2.24. The van der Waals surface area contributed by atoms with Gasteiger partial charge in [-0.1, -0.05) is 43.3 Å². The molecule has 0 aliphatic carbocycles. The van der Waals surface area contributed by atoms with E-state index in [1.54, 1.807) is 13.0 Å². The number of nitrogens with one attached hydrogen (secondary N) is 1. The summed E-state index contributed by atoms with van der Waals surface area (Å²) in [7, 11) is -8.13. The Morgan fingerprint density at radius 1 is 1.02 bits per heavy atom. The van der Waals surface area contributed by atoms with E-state index in [1.807, 2.05) is 0 Å². The SMILES string of the molecule is CCc1nnc(C(=O)CCCN(NC(C)=NS(=O)(=O)c2ccccc2)C(=O)CCS(=O)(=O)Cc2ccccc2OC(F)F)o1. The highest BCUT2D eigenvalue weighted by atomic mass is 32.2. The number of hydrogen-bond donors (Lipinski definition) is 1. The number of benzene rings is 2. The molecule has 0 radical (unpaired) electrons. The molecule has 1 aromatic heterocycles. The molecule has 1 amide bonds. The summed E-state index contributed by atoms with van der Waals surface area (Å²) in [4.78, 5) is 25.5. The van der Waals surface area contributed by atoms with Gasteiger partial charge < -0.3 is 9.15 Å². The third-order valence-corrected chi connectivity index (χ3v) is 8.84. The number of hydrazine groups is 1. The number of ketones is 1. The van der Waals surface area contributed by atoms with Gasteiger partial charge in [0.1, 0.15) is 11.6 Å². The van der Waals surface area contributed by atoms with Crippen LogP contribution >= 0.6 is 0 Å². The molecular formula is C27H31F2N5O8S2. The van der Waals surface area contributed by atoms with Gasteiger partial charge in [0.05, 0.1) is 16.4 Å². The van der Waals surface area contributed by atoms with Crippen molar-refractivity contribution in [2.24, 2.45) is 4.40 Å². The number of aromatic nitrogens is 2. The van der Waals surface area contributed by atoms with Gasteiger partial charge in [-0.05, 0) is 31.5 Å². The van der Waals surface area contributed by atoms with Gasteiger partial charge in [-0.25, -0.2) is 8.42 Å². The van der Waals surface area contributed by atoms with Crippen LogP contribution in [0.25, 0.3) is 0 Å². The third-order valence-electron chi connectivity index (χ3n) is 5.88. The summed E-state index contributed by atoms with van der Waals surface area (Å²) in [6.07, 6.45) is -0.173. The van der Waals surface area contributed by atoms with Gasteiger partial charge in [0.15, 0.2) is 9.84 Å². The zero-order valence-electron chi connectivity index (χ0n) is 23.9. The van der Waals surface area contributed by atoms with E-state index in [2.05, 4.69) is 24.8 Å². The summed E-state index contributed by atoms with van der Waals surface area (Å²) < 4.78 is 89.8. The Kier molecular flexibility index (Phi) is 12.0. The van der Waals surface area contributed by atoms with E-state index in [4.69, 9.17) is 4.42 Å². The topological polar surface area (TPSA) is 178 Å². The summed E-state index contributed by atoms with van der Waals surface area (Å²) in [5.41, 5.74) is 2.58. The third kappa shape index (κ3) is 10.5. The van der Waals surface area contributed by atoms with E-state index in [0.717, 1.165) is 5.01 Å². The second kappa shape index (κ2) is 15.5. The zero-order valence-corrected chi connectivity index (χ0v) is 25.5. The van der Waals surface area contributed by atoms with Crippen molar-refractivity contribution in [1.29, 1.82) is 0 Å². The molecule has 17 heteroatoms. The average molecular weight is 656 g/mol. The molecule has 1 heterocycles. The number of amides is 1. The minimum atomic E-state index is -4.14. The number of halogens is 2. The first-order valence-electron chi connectivity index (χ1n) is 13.3. The van der Waals surface area contributed by atoms with Gasteiger partial charge in [-0.2, -0.15) is 17.2 Å². The standard InChI is InChI=1S/C27H31F2N5O8S2/c1-3-24-30-31-26(42-24)22(35)13-9-16-34(32-19(2)33-44(39,40)21-11-5-4-6-12-21)25(36)15-17-43(37,38)18-20-10-7-8-14-23(20)41-27(28)29/h4-8,10-12,14,27H,3,9,13,15-18H2,1-2H3,(H,32,33). The van der Waals surface area contributed by atoms with E-state index in [1.165, 1.54) is 55.5 Å². The molecule has 1 N–H and O–H groups in total. The first-order chi connectivity index (χ1) is 20.8. The van der Waals surface area contributed by atoms with Crippen LogP contribution in [0.15, 0.2) is 68.3 Å². The summed E-state index contributed by atoms with van der Waals surface area (Å²) >= 11 is 0. The summed E-state index contributed by atoms with van der Waals surface area (Å²) in [5, 5.41) is 8.38. The lowest BCUT2D eigenvalue weighted by atomic mass is 10.2. The van der Waals surface area contributed by atoms with Crippen LogP contribution in [-0.2, 0) is 36.8 Å². The zero-order chi connectivity index (χ0) is 32.3. The highest BCUT2D eigenvalue weighted by Gasteiger charge is 2.23. The molecule has 0 aliphatic heterocycles. The van der Waals surface area contributed by atoms with Crippen molar-refractivity contribution in [2.45, 2.75) is 56.8 Å². The highest BCUT2D eigenvalue weighted by Crippen LogP contribution is 2.23. The van der Waals surface area contributed by atoms with Crippen LogP contribution in [0.1, 0.15) is 55.2 Å². The number of sulfone groups is 1. The van der Waals surface area contributed by atoms with Crippen LogP contribution < -0.4 is 10.2 Å². The normalized spacial score (nSPS) is 12.2. The van der Waals surface area contributed by atoms with Crippen LogP contribution in [0.3, 0.4) is 0 Å². The van der Waals surface area contributed by atoms with Crippen LogP contribution in [0.5, 0.6) is 5.75 Å². The number of carbonyl (C=O) groups excluding carboxylic acids is 2. The number of Topliss-reactive ketones (excluding diaryl/α,β-unsaturated/α-hetero) is 1. The molecule has 2 aromatic carbocycles. The molecule has 0 spiro atoms. The number of nitrogens with zero attached hydrogens (tertiary/aromatic N) is 4. The molecule has 0 aliphatic rings. The molecule has 0 unspecified atom stereocenters. The number of rotatable bonds is 15. The minimum absolute atomic E-state index is 0.00454. The Morgan fingerprint density at radius 2 is 1.70 bits per heavy atom. The largest absolute Gasteiger partial charge is 0.435 e. The lowest BCUT2D eigenvalue weighted by Crippen LogP contribution is -2.46. The first-order valence-corrected chi connectivity index (χ1v) is 16.6. The number of hydrogen-bond acceptors (Lipinski definition) is 10. The van der Waals surface area contributed by atoms with Crippen molar-refractivity contribution in [2.75, 3.05) is 12.3 Å². The van der Waals surface area contributed by atoms with Gasteiger partial charge in [-0.3, -0.25) is 20.0 Å². The number of amidine groups is 1. The molecule has 0 fully saturated rings. The van der Waals surface area contributed by atoms with Crippen LogP contribution in [0, 0.1) is 0 Å². The summed E-state index contributed by atoms with van der Waals surface area (Å²) in [5.74, 6) is -2.96. The number of sulfonamides is 1. The van der Waals surface area contributed by atoms with E-state index >= 15 is 0 Å². The summed E-state index contributed by atoms with van der Waals surface area (Å²) in [6, 6.07) is 12.8. The fourth-order valence-electron chi connectivity index (χ4n) is 3.82. The van der Waals surface area contributed by atoms with Crippen molar-refractivity contribution in [3.63, 3.8) is 0 Å². The maximum Gasteiger partial charge on any atom is 0.387 e. The molecule has 0 saturated carbocycles. The van der Waals surface area contributed by atoms with E-state index in [9.17, 15) is 35.2 Å². The second-order valence-corrected chi connectivity index (χ2v) is 13.1. The summed E-state index contributed by atoms with van der Waals surface area (Å²) in [6.45, 7) is -0.235. The first kappa shape index (κ1) is 34.2. The minimum Gasteiger partial charge on any atom is -0.435 e. The van der Waals surface area contributed by atoms with Crippen LogP contribution in [-0.4, -0.2) is 68.5 Å². The van der Waals surface area contributed by atoms with Gasteiger partial charge >= 0.3 is 6.61 Å². The number of alkyl halides is 2. The molecule has 44 heavy (non-hydrogen) atoms. The van der Waals surface area contributed by atoms with Gasteiger partial charge in [-0.15, -0.1) is 14.6 Å². The van der Waals surface area contributed by atoms with Gasteiger partial charge in [0.25, 0.3) is 15.9 Å². The second-order valence-electron chi connectivity index (χ2n) is 9.33. The molecule has 13 nitrogen and oxygen atoms in total. The van der Waals surface area contributed by atoms with Crippen molar-refractivity contribution in [1.82, 2.24) is 20.6 Å². The van der Waals surface area contributed by atoms with E-state index < -0.39 is 56.1 Å². The van der Waals surface area contributed by atoms with Crippen LogP contribution in [0.4, 0.5) is 8.78 Å². The van der Waals surface area contributed by atoms with Crippen molar-refractivity contribution >= 4 is 37.4 Å². The molecule has 0 atom stereocenters. The maximum absolute atomic E-state index is 13.2. The van der Waals surface area contributed by atoms with Crippen molar-refractivity contribution in [3.8, 4) is 5.75 Å². The predicted molar refractivity (Wildman–Crippen MR) is 154 cm³/mol. The highest BCUT2D eigenvalue weighted by molar-refractivity contribution is 7.90. The monoisotopic (exact) mass is 655 g/mol. The Bertz CT molecular complexity index is 1680. The average Bonchev–Trinajstić information content (AvgIpc) is 3.46. The van der Waals surface area contributed by atoms with Crippen LogP contribution in [0.2, 0.25) is 0 Å². The van der Waals surface area contributed by atoms with Gasteiger partial charge in [0, 0.05) is 31.4 Å². The molecule has 3 rings (SSSR count). The molecular weight excluding hydrogens is 624 g/mol. The Balaban J connectivity index is 1.72. The van der Waals surface area contributed by atoms with Crippen molar-refractivity contribution in [3.05, 3.63) is 71.9 Å². The molecule has 3 aromatic rings. The number of para-hydroxylation sites is 1. The quantitative estimate of drug-likeness (QED) is 0.110. The Labute approximate surface area is 253 Å². The van der Waals surface area contributed by atoms with Gasteiger partial charge in [0.2, 0.25) is 17.6 Å².